The van der Waals surface area contributed by atoms with Crippen LogP contribution in [0, 0.1) is 0 Å². The average molecular weight is 398 g/mol. The van der Waals surface area contributed by atoms with Gasteiger partial charge in [-0.15, -0.1) is 0 Å². The van der Waals surface area contributed by atoms with Crippen LogP contribution >= 0.6 is 0 Å². The molecule has 1 saturated carbocycles. The molecule has 144 valence electrons. The van der Waals surface area contributed by atoms with Crippen molar-refractivity contribution in [2.24, 2.45) is 11.5 Å². The van der Waals surface area contributed by atoms with Crippen molar-refractivity contribution in [2.75, 3.05) is 0 Å². The summed E-state index contributed by atoms with van der Waals surface area (Å²) in [5, 5.41) is 32.6. The zero-order valence-electron chi connectivity index (χ0n) is 16.5. The van der Waals surface area contributed by atoms with E-state index in [1.165, 1.54) is 19.3 Å². The molecule has 26 heavy (non-hydrogen) atoms. The summed E-state index contributed by atoms with van der Waals surface area (Å²) in [7, 11) is 0. The minimum atomic E-state index is -1.08. The van der Waals surface area contributed by atoms with Crippen LogP contribution in [-0.4, -0.2) is 39.8 Å². The van der Waals surface area contributed by atoms with Crippen molar-refractivity contribution in [3.63, 3.8) is 0 Å². The smallest absolute Gasteiger partial charge is 0.550 e. The quantitative estimate of drug-likeness (QED) is 0.224. The van der Waals surface area contributed by atoms with Gasteiger partial charge in [0.25, 0.3) is 11.9 Å². The number of rotatable bonds is 0. The molecule has 12 heteroatoms. The van der Waals surface area contributed by atoms with Gasteiger partial charge in [0.1, 0.15) is 0 Å². The first-order chi connectivity index (χ1) is 10.6. The number of nitrogens with two attached hydrogens (primary N) is 2. The van der Waals surface area contributed by atoms with Crippen molar-refractivity contribution in [1.82, 2.24) is 0 Å². The molecule has 0 bridgehead atoms. The van der Waals surface area contributed by atoms with Gasteiger partial charge in [-0.05, 0) is 26.7 Å². The van der Waals surface area contributed by atoms with Gasteiger partial charge in [-0.1, -0.05) is 19.3 Å². The second kappa shape index (κ2) is 27.0. The van der Waals surface area contributed by atoms with Gasteiger partial charge in [0.05, 0.1) is 5.66 Å². The molecule has 0 aliphatic heterocycles. The van der Waals surface area contributed by atoms with E-state index < -0.39 is 23.9 Å². The molecule has 0 atom stereocenters. The van der Waals surface area contributed by atoms with E-state index in [-0.39, 0.29) is 64.8 Å². The average Bonchev–Trinajstić information content (AvgIpc) is 2.24. The van der Waals surface area contributed by atoms with Crippen LogP contribution in [-0.2, 0) is 19.2 Å². The van der Waals surface area contributed by atoms with E-state index >= 15 is 0 Å². The summed E-state index contributed by atoms with van der Waals surface area (Å²) in [6.45, 7) is 4.11. The Bertz CT molecular complexity index is 308. The molecule has 1 fully saturated rings. The summed E-state index contributed by atoms with van der Waals surface area (Å²) >= 11 is 0. The fourth-order valence-electron chi connectivity index (χ4n) is 1.21. The van der Waals surface area contributed by atoms with Crippen LogP contribution in [0.1, 0.15) is 59.8 Å². The third-order valence-corrected chi connectivity index (χ3v) is 1.78. The molecule has 10 nitrogen and oxygen atoms in total. The van der Waals surface area contributed by atoms with E-state index in [4.69, 9.17) is 51.1 Å². The number of carboxylic acid groups (broad SMARTS) is 4. The SMILES string of the molecule is CC(=O)O.CC(=O)O.CC(=O)[O-].CC(=O)[O-].NC1(N)CCCCC1.[Na+].[Na+]. The minimum Gasteiger partial charge on any atom is -0.550 e. The van der Waals surface area contributed by atoms with Gasteiger partial charge in [0, 0.05) is 25.8 Å². The van der Waals surface area contributed by atoms with Crippen molar-refractivity contribution in [1.29, 1.82) is 0 Å². The minimum absolute atomic E-state index is 0. The number of carbonyl (C=O) groups is 4. The largest absolute Gasteiger partial charge is 1.00 e. The Hall–Kier alpha value is -0.200. The van der Waals surface area contributed by atoms with Gasteiger partial charge in [-0.25, -0.2) is 0 Å². The number of hydrogen-bond donors (Lipinski definition) is 4. The molecule has 0 aromatic heterocycles. The summed E-state index contributed by atoms with van der Waals surface area (Å²) in [5.41, 5.74) is 11.0. The summed E-state index contributed by atoms with van der Waals surface area (Å²) in [6.07, 6.45) is 5.76. The molecule has 1 rings (SSSR count). The molecule has 0 saturated heterocycles. The normalized spacial score (nSPS) is 12.4. The molecule has 6 N–H and O–H groups in total. The monoisotopic (exact) mass is 398 g/mol. The molecule has 1 aliphatic carbocycles. The van der Waals surface area contributed by atoms with E-state index in [0.29, 0.717) is 0 Å². The fourth-order valence-corrected chi connectivity index (χ4v) is 1.21. The molecule has 0 aromatic carbocycles. The molecular weight excluding hydrogens is 370 g/mol. The van der Waals surface area contributed by atoms with Crippen molar-refractivity contribution < 1.29 is 98.7 Å². The van der Waals surface area contributed by atoms with Gasteiger partial charge < -0.3 is 41.5 Å². The fraction of sp³-hybridized carbons (Fsp3) is 0.714. The van der Waals surface area contributed by atoms with Crippen LogP contribution in [0.25, 0.3) is 0 Å². The Kier molecular flexibility index (Phi) is 42.1. The van der Waals surface area contributed by atoms with E-state index in [1.54, 1.807) is 0 Å². The zero-order chi connectivity index (χ0) is 20.3. The first-order valence-electron chi connectivity index (χ1n) is 6.96. The topological polar surface area (TPSA) is 207 Å². The van der Waals surface area contributed by atoms with Crippen LogP contribution in [0.15, 0.2) is 0 Å². The van der Waals surface area contributed by atoms with Crippen molar-refractivity contribution >= 4 is 23.9 Å². The van der Waals surface area contributed by atoms with E-state index in [9.17, 15) is 0 Å². The third kappa shape index (κ3) is 129. The summed E-state index contributed by atoms with van der Waals surface area (Å²) in [4.78, 5) is 35.8. The van der Waals surface area contributed by atoms with Gasteiger partial charge in [0.15, 0.2) is 0 Å². The van der Waals surface area contributed by atoms with Gasteiger partial charge in [-0.2, -0.15) is 0 Å². The number of hydrogen-bond acceptors (Lipinski definition) is 8. The first kappa shape index (κ1) is 40.5. The second-order valence-electron chi connectivity index (χ2n) is 4.82. The number of carboxylic acids is 4. The van der Waals surface area contributed by atoms with Crippen LogP contribution in [0.3, 0.4) is 0 Å². The van der Waals surface area contributed by atoms with Crippen molar-refractivity contribution in [3.05, 3.63) is 0 Å². The standard InChI is InChI=1S/C6H14N2.4C2H4O2.2Na/c7-6(8)4-2-1-3-5-6;4*1-2(3)4;;/h1-5,7-8H2;4*1H3,(H,3,4);;/q;;;;;2*+1/p-2. The summed E-state index contributed by atoms with van der Waals surface area (Å²) < 4.78 is 0. The molecule has 0 radical (unpaired) electrons. The molecule has 1 aliphatic rings. The van der Waals surface area contributed by atoms with Crippen molar-refractivity contribution in [3.8, 4) is 0 Å². The van der Waals surface area contributed by atoms with Crippen LogP contribution < -0.4 is 80.8 Å². The summed E-state index contributed by atoms with van der Waals surface area (Å²) in [6, 6.07) is 0. The Morgan fingerprint density at radius 3 is 0.962 bits per heavy atom. The maximum atomic E-state index is 9.00. The van der Waals surface area contributed by atoms with Crippen molar-refractivity contribution in [2.45, 2.75) is 65.5 Å². The Balaban J connectivity index is -0.0000000495. The second-order valence-corrected chi connectivity index (χ2v) is 4.82. The molecule has 0 spiro atoms. The molecule has 0 aromatic rings. The van der Waals surface area contributed by atoms with E-state index in [2.05, 4.69) is 0 Å². The first-order valence-corrected chi connectivity index (χ1v) is 6.96. The predicted octanol–water partition coefficient (Wildman–Crippen LogP) is -7.73. The van der Waals surface area contributed by atoms with Crippen LogP contribution in [0.5, 0.6) is 0 Å². The Labute approximate surface area is 198 Å². The third-order valence-electron chi connectivity index (χ3n) is 1.78. The molecule has 0 unspecified atom stereocenters. The molecule has 0 heterocycles. The predicted molar refractivity (Wildman–Crippen MR) is 82.2 cm³/mol. The maximum absolute atomic E-state index is 9.00. The molecule has 0 amide bonds. The Morgan fingerprint density at radius 2 is 0.885 bits per heavy atom. The van der Waals surface area contributed by atoms with E-state index in [1.807, 2.05) is 0 Å². The van der Waals surface area contributed by atoms with Crippen LogP contribution in [0.2, 0.25) is 0 Å². The number of aliphatic carboxylic acids is 4. The van der Waals surface area contributed by atoms with Crippen LogP contribution in [0.4, 0.5) is 0 Å². The Morgan fingerprint density at radius 1 is 0.731 bits per heavy atom. The maximum Gasteiger partial charge on any atom is 1.00 e. The van der Waals surface area contributed by atoms with Gasteiger partial charge >= 0.3 is 59.1 Å². The van der Waals surface area contributed by atoms with Gasteiger partial charge in [0.2, 0.25) is 0 Å². The summed E-state index contributed by atoms with van der Waals surface area (Å²) in [5.74, 6) is -3.83. The zero-order valence-corrected chi connectivity index (χ0v) is 20.5. The van der Waals surface area contributed by atoms with E-state index in [0.717, 1.165) is 40.5 Å². The van der Waals surface area contributed by atoms with Gasteiger partial charge in [-0.3, -0.25) is 9.59 Å². The molecular formula is C14H28N2Na2O8. The number of carbonyl (C=O) groups excluding carboxylic acids is 2.